The second kappa shape index (κ2) is 6.34. The molecule has 0 saturated carbocycles. The Hall–Kier alpha value is -2.76. The van der Waals surface area contributed by atoms with Crippen LogP contribution in [0.25, 0.3) is 0 Å². The lowest BCUT2D eigenvalue weighted by Gasteiger charge is -2.04. The van der Waals surface area contributed by atoms with E-state index in [1.54, 1.807) is 26.0 Å². The van der Waals surface area contributed by atoms with Crippen molar-refractivity contribution >= 4 is 17.5 Å². The van der Waals surface area contributed by atoms with Gasteiger partial charge in [-0.05, 0) is 38.5 Å². The molecule has 0 aliphatic heterocycles. The number of rotatable bonds is 5. The van der Waals surface area contributed by atoms with Crippen LogP contribution in [0.4, 0.5) is 0 Å². The summed E-state index contributed by atoms with van der Waals surface area (Å²) in [6.45, 7) is 4.46. The molecule has 0 fully saturated rings. The molecule has 0 amide bonds. The number of aromatic amines is 1. The SMILES string of the molecule is CC(=O)c1c(C)[nH]c(C(=O)COC(=O)c2cccnc2)c1C. The highest BCUT2D eigenvalue weighted by Crippen LogP contribution is 2.19. The molecule has 0 aromatic carbocycles. The number of H-pyrrole nitrogens is 1. The summed E-state index contributed by atoms with van der Waals surface area (Å²) >= 11 is 0. The van der Waals surface area contributed by atoms with E-state index in [0.717, 1.165) is 0 Å². The van der Waals surface area contributed by atoms with E-state index in [-0.39, 0.29) is 17.1 Å². The minimum Gasteiger partial charge on any atom is -0.454 e. The molecule has 0 bridgehead atoms. The molecule has 6 nitrogen and oxygen atoms in total. The summed E-state index contributed by atoms with van der Waals surface area (Å²) in [5.74, 6) is -1.11. The van der Waals surface area contributed by atoms with Gasteiger partial charge in [0.15, 0.2) is 12.4 Å². The van der Waals surface area contributed by atoms with Gasteiger partial charge in [-0.15, -0.1) is 0 Å². The zero-order chi connectivity index (χ0) is 16.3. The van der Waals surface area contributed by atoms with Gasteiger partial charge in [-0.2, -0.15) is 0 Å². The van der Waals surface area contributed by atoms with Crippen molar-refractivity contribution in [3.05, 3.63) is 52.6 Å². The van der Waals surface area contributed by atoms with E-state index in [0.29, 0.717) is 22.5 Å². The van der Waals surface area contributed by atoms with E-state index in [4.69, 9.17) is 4.74 Å². The highest BCUT2D eigenvalue weighted by Gasteiger charge is 2.20. The van der Waals surface area contributed by atoms with Crippen molar-refractivity contribution in [1.82, 2.24) is 9.97 Å². The first-order valence-corrected chi connectivity index (χ1v) is 6.72. The van der Waals surface area contributed by atoms with Crippen LogP contribution in [0.5, 0.6) is 0 Å². The lowest BCUT2D eigenvalue weighted by molar-refractivity contribution is 0.0473. The number of ether oxygens (including phenoxy) is 1. The maximum absolute atomic E-state index is 12.2. The van der Waals surface area contributed by atoms with Crippen molar-refractivity contribution in [3.63, 3.8) is 0 Å². The first kappa shape index (κ1) is 15.6. The van der Waals surface area contributed by atoms with Gasteiger partial charge in [0.1, 0.15) is 0 Å². The summed E-state index contributed by atoms with van der Waals surface area (Å²) in [6.07, 6.45) is 2.90. The number of aryl methyl sites for hydroxylation is 1. The van der Waals surface area contributed by atoms with Crippen molar-refractivity contribution < 1.29 is 19.1 Å². The molecule has 2 heterocycles. The molecule has 0 radical (unpaired) electrons. The molecular weight excluding hydrogens is 284 g/mol. The Morgan fingerprint density at radius 3 is 2.55 bits per heavy atom. The zero-order valence-electron chi connectivity index (χ0n) is 12.6. The summed E-state index contributed by atoms with van der Waals surface area (Å²) in [5.41, 5.74) is 2.28. The predicted octanol–water partition coefficient (Wildman–Crippen LogP) is 2.27. The van der Waals surface area contributed by atoms with Crippen LogP contribution in [0.2, 0.25) is 0 Å². The average molecular weight is 300 g/mol. The maximum atomic E-state index is 12.2. The van der Waals surface area contributed by atoms with E-state index in [1.165, 1.54) is 19.3 Å². The summed E-state index contributed by atoms with van der Waals surface area (Å²) in [6, 6.07) is 3.16. The molecule has 1 N–H and O–H groups in total. The van der Waals surface area contributed by atoms with Crippen molar-refractivity contribution in [1.29, 1.82) is 0 Å². The van der Waals surface area contributed by atoms with E-state index in [9.17, 15) is 14.4 Å². The first-order valence-electron chi connectivity index (χ1n) is 6.72. The number of aromatic nitrogens is 2. The number of nitrogens with one attached hydrogen (secondary N) is 1. The van der Waals surface area contributed by atoms with Crippen molar-refractivity contribution in [2.45, 2.75) is 20.8 Å². The van der Waals surface area contributed by atoms with Gasteiger partial charge in [0.2, 0.25) is 5.78 Å². The van der Waals surface area contributed by atoms with Crippen LogP contribution in [0.1, 0.15) is 49.4 Å². The molecule has 2 aromatic rings. The molecule has 114 valence electrons. The average Bonchev–Trinajstić information content (AvgIpc) is 2.80. The van der Waals surface area contributed by atoms with Gasteiger partial charge in [0.05, 0.1) is 11.3 Å². The Kier molecular flexibility index (Phi) is 4.50. The van der Waals surface area contributed by atoms with Gasteiger partial charge < -0.3 is 9.72 Å². The van der Waals surface area contributed by atoms with Crippen molar-refractivity contribution in [2.75, 3.05) is 6.61 Å². The van der Waals surface area contributed by atoms with Gasteiger partial charge in [0, 0.05) is 23.7 Å². The quantitative estimate of drug-likeness (QED) is 0.676. The number of nitrogens with zero attached hydrogens (tertiary/aromatic N) is 1. The molecule has 0 spiro atoms. The van der Waals surface area contributed by atoms with E-state index in [2.05, 4.69) is 9.97 Å². The summed E-state index contributed by atoms with van der Waals surface area (Å²) in [4.78, 5) is 42.2. The van der Waals surface area contributed by atoms with Crippen molar-refractivity contribution in [2.24, 2.45) is 0 Å². The van der Waals surface area contributed by atoms with Gasteiger partial charge >= 0.3 is 5.97 Å². The number of ketones is 2. The number of esters is 1. The van der Waals surface area contributed by atoms with Crippen LogP contribution in [-0.2, 0) is 4.74 Å². The third-order valence-electron chi connectivity index (χ3n) is 3.30. The molecule has 0 unspecified atom stereocenters. The first-order chi connectivity index (χ1) is 10.4. The fraction of sp³-hybridized carbons (Fsp3) is 0.250. The largest absolute Gasteiger partial charge is 0.454 e. The second-order valence-corrected chi connectivity index (χ2v) is 4.92. The fourth-order valence-electron chi connectivity index (χ4n) is 2.33. The maximum Gasteiger partial charge on any atom is 0.340 e. The molecule has 2 aromatic heterocycles. The van der Waals surface area contributed by atoms with Crippen LogP contribution in [0, 0.1) is 13.8 Å². The highest BCUT2D eigenvalue weighted by atomic mass is 16.5. The van der Waals surface area contributed by atoms with E-state index >= 15 is 0 Å². The molecule has 0 aliphatic carbocycles. The Balaban J connectivity index is 2.09. The van der Waals surface area contributed by atoms with Gasteiger partial charge in [-0.3, -0.25) is 14.6 Å². The number of Topliss-reactive ketones (excluding diaryl/α,β-unsaturated/α-hetero) is 2. The minimum atomic E-state index is -0.617. The third kappa shape index (κ3) is 3.11. The minimum absolute atomic E-state index is 0.113. The predicted molar refractivity (Wildman–Crippen MR) is 79.1 cm³/mol. The van der Waals surface area contributed by atoms with E-state index < -0.39 is 12.6 Å². The third-order valence-corrected chi connectivity index (χ3v) is 3.30. The normalized spacial score (nSPS) is 10.3. The Morgan fingerprint density at radius 2 is 2.00 bits per heavy atom. The number of pyridine rings is 1. The monoisotopic (exact) mass is 300 g/mol. The molecule has 0 atom stereocenters. The Labute approximate surface area is 127 Å². The number of hydrogen-bond donors (Lipinski definition) is 1. The van der Waals surface area contributed by atoms with Crippen LogP contribution < -0.4 is 0 Å². The highest BCUT2D eigenvalue weighted by molar-refractivity contribution is 6.04. The zero-order valence-corrected chi connectivity index (χ0v) is 12.6. The molecule has 0 saturated heterocycles. The van der Waals surface area contributed by atoms with Gasteiger partial charge in [-0.1, -0.05) is 0 Å². The molecule has 0 aliphatic rings. The standard InChI is InChI=1S/C16H16N2O4/c1-9-14(11(3)19)10(2)18-15(9)13(20)8-22-16(21)12-5-4-6-17-7-12/h4-7,18H,8H2,1-3H3. The van der Waals surface area contributed by atoms with E-state index in [1.807, 2.05) is 0 Å². The summed E-state index contributed by atoms with van der Waals surface area (Å²) in [5, 5.41) is 0. The number of hydrogen-bond acceptors (Lipinski definition) is 5. The number of carbonyl (C=O) groups is 3. The lowest BCUT2D eigenvalue weighted by Crippen LogP contribution is -2.15. The van der Waals surface area contributed by atoms with Crippen molar-refractivity contribution in [3.8, 4) is 0 Å². The van der Waals surface area contributed by atoms with Crippen LogP contribution in [-0.4, -0.2) is 34.1 Å². The summed E-state index contributed by atoms with van der Waals surface area (Å²) < 4.78 is 4.98. The Bertz CT molecular complexity index is 732. The molecule has 6 heteroatoms. The summed E-state index contributed by atoms with van der Waals surface area (Å²) in [7, 11) is 0. The van der Waals surface area contributed by atoms with Gasteiger partial charge in [-0.25, -0.2) is 4.79 Å². The number of carbonyl (C=O) groups excluding carboxylic acids is 3. The van der Waals surface area contributed by atoms with Crippen LogP contribution >= 0.6 is 0 Å². The van der Waals surface area contributed by atoms with Crippen LogP contribution in [0.15, 0.2) is 24.5 Å². The second-order valence-electron chi connectivity index (χ2n) is 4.92. The topological polar surface area (TPSA) is 89.1 Å². The smallest absolute Gasteiger partial charge is 0.340 e. The fourth-order valence-corrected chi connectivity index (χ4v) is 2.33. The van der Waals surface area contributed by atoms with Gasteiger partial charge in [0.25, 0.3) is 0 Å². The molecule has 2 rings (SSSR count). The van der Waals surface area contributed by atoms with Crippen LogP contribution in [0.3, 0.4) is 0 Å². The molecule has 22 heavy (non-hydrogen) atoms. The Morgan fingerprint density at radius 1 is 1.27 bits per heavy atom. The lowest BCUT2D eigenvalue weighted by atomic mass is 10.1. The molecular formula is C16H16N2O4.